The van der Waals surface area contributed by atoms with E-state index in [4.69, 9.17) is 0 Å². The van der Waals surface area contributed by atoms with Gasteiger partial charge in [0.25, 0.3) is 0 Å². The van der Waals surface area contributed by atoms with Crippen molar-refractivity contribution in [2.45, 2.75) is 19.8 Å². The predicted molar refractivity (Wildman–Crippen MR) is 54.4 cm³/mol. The molecule has 2 rings (SSSR count). The van der Waals surface area contributed by atoms with Gasteiger partial charge in [0, 0.05) is 0 Å². The first-order chi connectivity index (χ1) is 6.31. The summed E-state index contributed by atoms with van der Waals surface area (Å²) in [5.41, 5.74) is 5.01. The van der Waals surface area contributed by atoms with E-state index in [9.17, 15) is 5.11 Å². The van der Waals surface area contributed by atoms with Crippen LogP contribution in [0.15, 0.2) is 29.8 Å². The molecule has 0 bridgehead atoms. The Morgan fingerprint density at radius 3 is 2.31 bits per heavy atom. The summed E-state index contributed by atoms with van der Waals surface area (Å²) in [5.74, 6) is 0. The number of rotatable bonds is 2. The van der Waals surface area contributed by atoms with Gasteiger partial charge in [0.1, 0.15) is 0 Å². The molecule has 1 heteroatoms. The van der Waals surface area contributed by atoms with Crippen LogP contribution < -0.4 is 0 Å². The Balaban J connectivity index is 2.34. The van der Waals surface area contributed by atoms with E-state index in [1.165, 1.54) is 29.5 Å². The first kappa shape index (κ1) is 8.52. The number of aliphatic hydroxyl groups is 1. The molecule has 1 N–H and O–H groups in total. The van der Waals surface area contributed by atoms with Crippen LogP contribution in [-0.2, 0) is 0 Å². The molecule has 1 fully saturated rings. The van der Waals surface area contributed by atoms with Gasteiger partial charge >= 0.3 is 0 Å². The third-order valence-corrected chi connectivity index (χ3v) is 2.48. The molecule has 1 aromatic carbocycles. The zero-order valence-electron chi connectivity index (χ0n) is 7.88. The second kappa shape index (κ2) is 3.35. The van der Waals surface area contributed by atoms with Crippen molar-refractivity contribution >= 4 is 5.57 Å². The highest BCUT2D eigenvalue weighted by Gasteiger charge is 2.17. The van der Waals surface area contributed by atoms with Crippen LogP contribution >= 0.6 is 0 Å². The van der Waals surface area contributed by atoms with Gasteiger partial charge in [-0.3, -0.25) is 0 Å². The van der Waals surface area contributed by atoms with Crippen molar-refractivity contribution in [1.82, 2.24) is 0 Å². The highest BCUT2D eigenvalue weighted by Crippen LogP contribution is 2.35. The van der Waals surface area contributed by atoms with Gasteiger partial charge in [0.15, 0.2) is 0 Å². The van der Waals surface area contributed by atoms with Gasteiger partial charge in [-0.1, -0.05) is 35.4 Å². The molecular formula is C12H14O. The van der Waals surface area contributed by atoms with Crippen LogP contribution in [0.2, 0.25) is 0 Å². The van der Waals surface area contributed by atoms with Gasteiger partial charge in [0.05, 0.1) is 6.61 Å². The Kier molecular flexibility index (Phi) is 2.19. The molecule has 0 aliphatic heterocycles. The van der Waals surface area contributed by atoms with Crippen molar-refractivity contribution < 1.29 is 5.11 Å². The summed E-state index contributed by atoms with van der Waals surface area (Å²) in [4.78, 5) is 0. The molecule has 1 aliphatic carbocycles. The van der Waals surface area contributed by atoms with Crippen molar-refractivity contribution in [3.05, 3.63) is 41.0 Å². The van der Waals surface area contributed by atoms with E-state index < -0.39 is 0 Å². The molecule has 1 aliphatic rings. The highest BCUT2D eigenvalue weighted by atomic mass is 16.3. The van der Waals surface area contributed by atoms with E-state index in [0.717, 1.165) is 5.57 Å². The quantitative estimate of drug-likeness (QED) is 0.730. The van der Waals surface area contributed by atoms with Crippen molar-refractivity contribution in [1.29, 1.82) is 0 Å². The smallest absolute Gasteiger partial charge is 0.0687 e. The molecule has 1 saturated carbocycles. The summed E-state index contributed by atoms with van der Waals surface area (Å²) >= 11 is 0. The Bertz CT molecular complexity index is 327. The van der Waals surface area contributed by atoms with Gasteiger partial charge in [0.2, 0.25) is 0 Å². The summed E-state index contributed by atoms with van der Waals surface area (Å²) < 4.78 is 0. The zero-order chi connectivity index (χ0) is 9.26. The average molecular weight is 174 g/mol. The van der Waals surface area contributed by atoms with Gasteiger partial charge in [-0.05, 0) is 30.9 Å². The van der Waals surface area contributed by atoms with Crippen molar-refractivity contribution in [3.63, 3.8) is 0 Å². The Labute approximate surface area is 78.7 Å². The Hall–Kier alpha value is -1.08. The highest BCUT2D eigenvalue weighted by molar-refractivity contribution is 5.72. The number of hydrogen-bond donors (Lipinski definition) is 1. The molecular weight excluding hydrogens is 160 g/mol. The average Bonchev–Trinajstić information content (AvgIpc) is 2.93. The fraction of sp³-hybridized carbons (Fsp3) is 0.333. The molecule has 0 unspecified atom stereocenters. The molecule has 0 aromatic heterocycles. The number of benzene rings is 1. The van der Waals surface area contributed by atoms with Gasteiger partial charge in [-0.2, -0.15) is 0 Å². The van der Waals surface area contributed by atoms with Crippen LogP contribution in [0.4, 0.5) is 0 Å². The molecule has 0 heterocycles. The lowest BCUT2D eigenvalue weighted by Gasteiger charge is -2.03. The van der Waals surface area contributed by atoms with Gasteiger partial charge < -0.3 is 5.11 Å². The fourth-order valence-corrected chi connectivity index (χ4v) is 1.53. The van der Waals surface area contributed by atoms with Crippen LogP contribution in [0, 0.1) is 6.92 Å². The van der Waals surface area contributed by atoms with Crippen LogP contribution in [0.5, 0.6) is 0 Å². The largest absolute Gasteiger partial charge is 0.392 e. The van der Waals surface area contributed by atoms with Crippen LogP contribution in [0.3, 0.4) is 0 Å². The summed E-state index contributed by atoms with van der Waals surface area (Å²) in [5, 5.41) is 9.20. The number of allylic oxidation sites excluding steroid dienone is 1. The van der Waals surface area contributed by atoms with E-state index >= 15 is 0 Å². The minimum absolute atomic E-state index is 0.179. The topological polar surface area (TPSA) is 20.2 Å². The first-order valence-corrected chi connectivity index (χ1v) is 4.70. The minimum Gasteiger partial charge on any atom is -0.392 e. The summed E-state index contributed by atoms with van der Waals surface area (Å²) in [6.45, 7) is 2.26. The molecule has 1 aromatic rings. The zero-order valence-corrected chi connectivity index (χ0v) is 7.88. The first-order valence-electron chi connectivity index (χ1n) is 4.70. The standard InChI is InChI=1S/C12H14O/c1-9-2-4-10(5-3-9)12(8-13)11-6-7-11/h2-5,13H,6-8H2,1H3. The van der Waals surface area contributed by atoms with E-state index in [1.54, 1.807) is 0 Å². The van der Waals surface area contributed by atoms with Gasteiger partial charge in [-0.25, -0.2) is 0 Å². The molecule has 1 nitrogen and oxygen atoms in total. The van der Waals surface area contributed by atoms with Crippen LogP contribution in [0.1, 0.15) is 24.0 Å². The SMILES string of the molecule is Cc1ccc(C(CO)=C2CC2)cc1. The molecule has 68 valence electrons. The second-order valence-electron chi connectivity index (χ2n) is 3.61. The summed E-state index contributed by atoms with van der Waals surface area (Å²) in [6, 6.07) is 8.36. The number of aryl methyl sites for hydroxylation is 1. The minimum atomic E-state index is 0.179. The third kappa shape index (κ3) is 1.81. The lowest BCUT2D eigenvalue weighted by molar-refractivity contribution is 0.350. The van der Waals surface area contributed by atoms with Crippen molar-refractivity contribution in [3.8, 4) is 0 Å². The molecule has 0 radical (unpaired) electrons. The maximum absolute atomic E-state index is 9.20. The van der Waals surface area contributed by atoms with Crippen LogP contribution in [-0.4, -0.2) is 11.7 Å². The maximum atomic E-state index is 9.20. The predicted octanol–water partition coefficient (Wildman–Crippen LogP) is 2.53. The normalized spacial score (nSPS) is 14.5. The lowest BCUT2D eigenvalue weighted by atomic mass is 10.0. The molecule has 0 spiro atoms. The molecule has 0 saturated heterocycles. The van der Waals surface area contributed by atoms with Gasteiger partial charge in [-0.15, -0.1) is 0 Å². The fourth-order valence-electron chi connectivity index (χ4n) is 1.53. The van der Waals surface area contributed by atoms with E-state index in [2.05, 4.69) is 31.2 Å². The monoisotopic (exact) mass is 174 g/mol. The second-order valence-corrected chi connectivity index (χ2v) is 3.61. The molecule has 0 atom stereocenters. The molecule has 0 amide bonds. The summed E-state index contributed by atoms with van der Waals surface area (Å²) in [7, 11) is 0. The molecule has 13 heavy (non-hydrogen) atoms. The third-order valence-electron chi connectivity index (χ3n) is 2.48. The summed E-state index contributed by atoms with van der Waals surface area (Å²) in [6.07, 6.45) is 2.34. The van der Waals surface area contributed by atoms with E-state index in [1.807, 2.05) is 0 Å². The van der Waals surface area contributed by atoms with E-state index in [0.29, 0.717) is 0 Å². The Morgan fingerprint density at radius 1 is 1.23 bits per heavy atom. The maximum Gasteiger partial charge on any atom is 0.0687 e. The number of hydrogen-bond acceptors (Lipinski definition) is 1. The van der Waals surface area contributed by atoms with E-state index in [-0.39, 0.29) is 6.61 Å². The number of aliphatic hydroxyl groups excluding tert-OH is 1. The lowest BCUT2D eigenvalue weighted by Crippen LogP contribution is -1.90. The Morgan fingerprint density at radius 2 is 1.85 bits per heavy atom. The van der Waals surface area contributed by atoms with Crippen LogP contribution in [0.25, 0.3) is 5.57 Å². The van der Waals surface area contributed by atoms with Crippen molar-refractivity contribution in [2.24, 2.45) is 0 Å². The van der Waals surface area contributed by atoms with Crippen molar-refractivity contribution in [2.75, 3.05) is 6.61 Å².